The predicted octanol–water partition coefficient (Wildman–Crippen LogP) is 7.19. The van der Waals surface area contributed by atoms with Crippen LogP contribution in [0.3, 0.4) is 0 Å². The van der Waals surface area contributed by atoms with Crippen LogP contribution in [0.15, 0.2) is 72.8 Å². The van der Waals surface area contributed by atoms with E-state index in [0.29, 0.717) is 11.8 Å². The maximum absolute atomic E-state index is 4.62. The van der Waals surface area contributed by atoms with Gasteiger partial charge in [-0.25, -0.2) is 0 Å². The van der Waals surface area contributed by atoms with Gasteiger partial charge in [-0.05, 0) is 64.3 Å². The maximum atomic E-state index is 4.62. The third-order valence-electron chi connectivity index (χ3n) is 6.65. The molecule has 2 aliphatic rings. The molecule has 0 amide bonds. The van der Waals surface area contributed by atoms with E-state index in [0.717, 1.165) is 19.3 Å². The Balaban J connectivity index is 1.57. The van der Waals surface area contributed by atoms with Crippen LogP contribution in [0.2, 0.25) is 0 Å². The molecular weight excluding hydrogens is 324 g/mol. The number of benzene rings is 3. The van der Waals surface area contributed by atoms with Gasteiger partial charge in [0.25, 0.3) is 0 Å². The average Bonchev–Trinajstić information content (AvgIpc) is 2.84. The summed E-state index contributed by atoms with van der Waals surface area (Å²) in [5.41, 5.74) is 8.73. The van der Waals surface area contributed by atoms with Crippen LogP contribution in [0, 0.1) is 0 Å². The summed E-state index contributed by atoms with van der Waals surface area (Å²) in [6.45, 7) is 6.97. The predicted molar refractivity (Wildman–Crippen MR) is 116 cm³/mol. The molecule has 2 aliphatic carbocycles. The van der Waals surface area contributed by atoms with Gasteiger partial charge in [-0.1, -0.05) is 85.8 Å². The highest BCUT2D eigenvalue weighted by Gasteiger charge is 2.28. The van der Waals surface area contributed by atoms with Crippen molar-refractivity contribution in [2.45, 2.75) is 44.4 Å². The van der Waals surface area contributed by atoms with E-state index in [1.54, 1.807) is 0 Å². The van der Waals surface area contributed by atoms with E-state index in [1.165, 1.54) is 50.6 Å². The van der Waals surface area contributed by atoms with Crippen molar-refractivity contribution in [3.05, 3.63) is 101 Å². The van der Waals surface area contributed by atoms with Crippen LogP contribution < -0.4 is 0 Å². The van der Waals surface area contributed by atoms with Crippen molar-refractivity contribution >= 4 is 16.8 Å². The first-order valence-corrected chi connectivity index (χ1v) is 10.2. The first-order valence-electron chi connectivity index (χ1n) is 10.2. The third kappa shape index (κ3) is 2.75. The summed E-state index contributed by atoms with van der Waals surface area (Å²) in [4.78, 5) is 0. The van der Waals surface area contributed by atoms with Gasteiger partial charge in [0, 0.05) is 11.8 Å². The zero-order valence-electron chi connectivity index (χ0n) is 16.0. The van der Waals surface area contributed by atoms with Crippen molar-refractivity contribution in [2.24, 2.45) is 0 Å². The fraction of sp³-hybridized carbons (Fsp3) is 0.259. The molecule has 0 fully saturated rings. The number of allylic oxidation sites excluding steroid dienone is 2. The average molecular weight is 351 g/mol. The zero-order valence-corrected chi connectivity index (χ0v) is 16.0. The summed E-state index contributed by atoms with van der Waals surface area (Å²) < 4.78 is 0. The molecule has 0 aromatic heterocycles. The second kappa shape index (κ2) is 6.53. The summed E-state index contributed by atoms with van der Waals surface area (Å²) in [5, 5.41) is 2.75. The fourth-order valence-corrected chi connectivity index (χ4v) is 5.09. The Morgan fingerprint density at radius 1 is 0.926 bits per heavy atom. The Kier molecular flexibility index (Phi) is 4.01. The molecule has 0 nitrogen and oxygen atoms in total. The molecule has 2 unspecified atom stereocenters. The largest absolute Gasteiger partial charge is 0.0986 e. The lowest BCUT2D eigenvalue weighted by atomic mass is 9.80. The number of fused-ring (bicyclic) bond motifs is 4. The van der Waals surface area contributed by atoms with Gasteiger partial charge in [0.05, 0.1) is 0 Å². The quantitative estimate of drug-likeness (QED) is 0.322. The van der Waals surface area contributed by atoms with Crippen LogP contribution in [-0.4, -0.2) is 0 Å². The SMILES string of the molecule is C=C1C(C)c2c(ccc3ccccc23)CCC1c1ccc2c(c1)CCC=C2. The Hall–Kier alpha value is -2.60. The van der Waals surface area contributed by atoms with Gasteiger partial charge in [0.15, 0.2) is 0 Å². The number of aryl methyl sites for hydroxylation is 2. The molecule has 3 aromatic rings. The molecule has 0 N–H and O–H groups in total. The minimum Gasteiger partial charge on any atom is -0.0986 e. The van der Waals surface area contributed by atoms with Crippen molar-refractivity contribution < 1.29 is 0 Å². The normalized spacial score (nSPS) is 21.6. The minimum absolute atomic E-state index is 0.384. The van der Waals surface area contributed by atoms with Gasteiger partial charge in [0.1, 0.15) is 0 Å². The first-order chi connectivity index (χ1) is 13.2. The second-order valence-corrected chi connectivity index (χ2v) is 8.15. The topological polar surface area (TPSA) is 0 Å². The van der Waals surface area contributed by atoms with Gasteiger partial charge in [-0.3, -0.25) is 0 Å². The van der Waals surface area contributed by atoms with Crippen LogP contribution in [0.25, 0.3) is 16.8 Å². The summed E-state index contributed by atoms with van der Waals surface area (Å²) in [6, 6.07) is 20.5. The molecule has 0 saturated carbocycles. The first kappa shape index (κ1) is 16.6. The molecule has 134 valence electrons. The Bertz CT molecular complexity index is 1070. The van der Waals surface area contributed by atoms with Crippen LogP contribution in [0.1, 0.15) is 59.4 Å². The molecule has 2 atom stereocenters. The van der Waals surface area contributed by atoms with Gasteiger partial charge in [-0.2, -0.15) is 0 Å². The molecule has 0 saturated heterocycles. The van der Waals surface area contributed by atoms with Crippen molar-refractivity contribution in [1.29, 1.82) is 0 Å². The molecule has 0 aliphatic heterocycles. The number of rotatable bonds is 1. The highest BCUT2D eigenvalue weighted by atomic mass is 14.3. The molecule has 0 bridgehead atoms. The lowest BCUT2D eigenvalue weighted by molar-refractivity contribution is 0.685. The van der Waals surface area contributed by atoms with Crippen LogP contribution >= 0.6 is 0 Å². The third-order valence-corrected chi connectivity index (χ3v) is 6.65. The van der Waals surface area contributed by atoms with E-state index < -0.39 is 0 Å². The molecule has 0 radical (unpaired) electrons. The van der Waals surface area contributed by atoms with Gasteiger partial charge < -0.3 is 0 Å². The van der Waals surface area contributed by atoms with Crippen molar-refractivity contribution in [1.82, 2.24) is 0 Å². The standard InChI is InChI=1S/C27H26/c1-18-19(2)27-22(13-12-21-8-5-6-10-26(21)27)15-16-25(18)24-14-11-20-7-3-4-9-23(20)17-24/h3,5-8,10-14,17,19,25H,1,4,9,15-16H2,2H3. The van der Waals surface area contributed by atoms with E-state index in [-0.39, 0.29) is 0 Å². The van der Waals surface area contributed by atoms with Crippen molar-refractivity contribution in [3.8, 4) is 0 Å². The molecule has 27 heavy (non-hydrogen) atoms. The molecule has 0 spiro atoms. The molecule has 5 rings (SSSR count). The Labute approximate surface area is 162 Å². The highest BCUT2D eigenvalue weighted by molar-refractivity contribution is 5.88. The maximum Gasteiger partial charge on any atom is 0.00547 e. The smallest absolute Gasteiger partial charge is 0.00547 e. The fourth-order valence-electron chi connectivity index (χ4n) is 5.09. The molecule has 3 aromatic carbocycles. The monoisotopic (exact) mass is 350 g/mol. The molecular formula is C27H26. The summed E-state index contributed by atoms with van der Waals surface area (Å²) in [5.74, 6) is 0.830. The lowest BCUT2D eigenvalue weighted by Crippen LogP contribution is -2.07. The van der Waals surface area contributed by atoms with Gasteiger partial charge in [0.2, 0.25) is 0 Å². The highest BCUT2D eigenvalue weighted by Crippen LogP contribution is 2.44. The van der Waals surface area contributed by atoms with Crippen LogP contribution in [0.4, 0.5) is 0 Å². The van der Waals surface area contributed by atoms with Gasteiger partial charge >= 0.3 is 0 Å². The van der Waals surface area contributed by atoms with E-state index >= 15 is 0 Å². The zero-order chi connectivity index (χ0) is 18.4. The van der Waals surface area contributed by atoms with Crippen LogP contribution in [-0.2, 0) is 12.8 Å². The molecule has 0 heteroatoms. The summed E-state index contributed by atoms with van der Waals surface area (Å²) in [7, 11) is 0. The minimum atomic E-state index is 0.384. The molecule has 0 heterocycles. The van der Waals surface area contributed by atoms with Crippen LogP contribution in [0.5, 0.6) is 0 Å². The second-order valence-electron chi connectivity index (χ2n) is 8.15. The Morgan fingerprint density at radius 3 is 2.74 bits per heavy atom. The lowest BCUT2D eigenvalue weighted by Gasteiger charge is -2.24. The van der Waals surface area contributed by atoms with Gasteiger partial charge in [-0.15, -0.1) is 0 Å². The number of hydrogen-bond acceptors (Lipinski definition) is 0. The van der Waals surface area contributed by atoms with E-state index in [1.807, 2.05) is 0 Å². The summed E-state index contributed by atoms with van der Waals surface area (Å²) >= 11 is 0. The van der Waals surface area contributed by atoms with Crippen molar-refractivity contribution in [3.63, 3.8) is 0 Å². The van der Waals surface area contributed by atoms with E-state index in [4.69, 9.17) is 0 Å². The van der Waals surface area contributed by atoms with Crippen molar-refractivity contribution in [2.75, 3.05) is 0 Å². The van der Waals surface area contributed by atoms with E-state index in [9.17, 15) is 0 Å². The number of hydrogen-bond donors (Lipinski definition) is 0. The summed E-state index contributed by atoms with van der Waals surface area (Å²) in [6.07, 6.45) is 9.18. The van der Waals surface area contributed by atoms with E-state index in [2.05, 4.69) is 80.3 Å². The Morgan fingerprint density at radius 2 is 1.81 bits per heavy atom.